The molecule has 16 heteroatoms. The number of esters is 2. The van der Waals surface area contributed by atoms with Crippen molar-refractivity contribution in [3.63, 3.8) is 0 Å². The number of amides is 1. The van der Waals surface area contributed by atoms with Gasteiger partial charge in [-0.2, -0.15) is 0 Å². The lowest BCUT2D eigenvalue weighted by Crippen LogP contribution is -2.53. The number of carbonyl (C=O) groups excluding carboxylic acids is 5. The Morgan fingerprint density at radius 2 is 1.36 bits per heavy atom. The number of aromatic hydroxyl groups is 2. The Morgan fingerprint density at radius 3 is 1.88 bits per heavy atom. The lowest BCUT2D eigenvalue weighted by Gasteiger charge is -2.39. The van der Waals surface area contributed by atoms with Crippen molar-refractivity contribution in [2.24, 2.45) is 23.7 Å². The van der Waals surface area contributed by atoms with Crippen LogP contribution in [-0.2, 0) is 34.2 Å². The Balaban J connectivity index is 2.46. The van der Waals surface area contributed by atoms with Crippen molar-refractivity contribution in [1.29, 1.82) is 0 Å². The predicted octanol–water partition coefficient (Wildman–Crippen LogP) is 1.89. The third-order valence-corrected chi connectivity index (χ3v) is 10.8. The number of phenolic OH excluding ortho intramolecular Hbond substituents is 2. The van der Waals surface area contributed by atoms with Crippen LogP contribution in [0.15, 0.2) is 46.9 Å². The van der Waals surface area contributed by atoms with Gasteiger partial charge < -0.3 is 55.3 Å². The van der Waals surface area contributed by atoms with Crippen LogP contribution < -0.4 is 5.32 Å². The number of phenols is 2. The van der Waals surface area contributed by atoms with Crippen LogP contribution in [0.25, 0.3) is 0 Å². The minimum Gasteiger partial charge on any atom is -0.507 e. The van der Waals surface area contributed by atoms with E-state index in [-0.39, 0.29) is 16.7 Å². The van der Waals surface area contributed by atoms with Crippen LogP contribution in [0, 0.1) is 30.6 Å². The minimum atomic E-state index is -2.38. The molecule has 1 aromatic carbocycles. The molecule has 2 aliphatic heterocycles. The maximum absolute atomic E-state index is 14.4. The standard InChI is InChI=1S/C40H53NO15/c1-16-13-12-14-17(2)37(51)41-27-34(49)24-26(40(9,55-11)36(27)56-22(7)42)23(30(45)20(5)31(24)46)29(44)18(3)15-39(8,53)35(50)21(6)33(48)25(38(52)54-10)32(47)19(4)28(16)43/h12-16,19,21,25,28,32-33,35,43,45-48,50,53H,1-11H3,(H,41,51)/b13-12-,17-14+,18-15+/t16-,19-,21+,25-,28-,32-,33-,35-,39-,40?/m1/s1. The highest BCUT2D eigenvalue weighted by Gasteiger charge is 2.51. The van der Waals surface area contributed by atoms with E-state index in [2.05, 4.69) is 5.32 Å². The molecule has 1 aliphatic carbocycles. The molecule has 1 unspecified atom stereocenters. The smallest absolute Gasteiger partial charge is 0.313 e. The zero-order valence-electron chi connectivity index (χ0n) is 33.3. The highest BCUT2D eigenvalue weighted by Crippen LogP contribution is 2.51. The lowest BCUT2D eigenvalue weighted by atomic mass is 9.74. The number of rotatable bonds is 3. The SMILES string of the molecule is COC(=O)[C@@H]1[C@H](O)[C@H](C)[C@H](O)[C@H](C)/C=C\C=C(/C)C(=O)NC2=C(OC(C)=O)C(C)(OC)c3c(c(O)c(C)c(O)c3C(=O)/C(C)=C/[C@@](C)(O)[C@H](O)[C@@H](C)[C@H]1O)C2=O. The number of hydrogen-bond acceptors (Lipinski definition) is 15. The Bertz CT molecular complexity index is 1910. The van der Waals surface area contributed by atoms with Gasteiger partial charge in [-0.3, -0.25) is 24.0 Å². The van der Waals surface area contributed by atoms with E-state index in [1.165, 1.54) is 59.8 Å². The van der Waals surface area contributed by atoms with Crippen molar-refractivity contribution in [1.82, 2.24) is 5.32 Å². The Kier molecular flexibility index (Phi) is 14.0. The number of aliphatic hydroxyl groups is 5. The van der Waals surface area contributed by atoms with Crippen molar-refractivity contribution in [3.05, 3.63) is 69.2 Å². The normalized spacial score (nSPS) is 34.8. The van der Waals surface area contributed by atoms with E-state index in [1.807, 2.05) is 0 Å². The Labute approximate surface area is 324 Å². The summed E-state index contributed by atoms with van der Waals surface area (Å²) in [5, 5.41) is 82.2. The topological polar surface area (TPSA) is 267 Å². The molecule has 8 N–H and O–H groups in total. The monoisotopic (exact) mass is 787 g/mol. The first-order valence-electron chi connectivity index (χ1n) is 17.9. The zero-order valence-corrected chi connectivity index (χ0v) is 33.3. The highest BCUT2D eigenvalue weighted by molar-refractivity contribution is 6.20. The number of allylic oxidation sites excluding steroid dienone is 4. The molecule has 0 radical (unpaired) electrons. The number of ketones is 2. The van der Waals surface area contributed by atoms with Crippen molar-refractivity contribution in [2.75, 3.05) is 14.2 Å². The summed E-state index contributed by atoms with van der Waals surface area (Å²) < 4.78 is 16.1. The van der Waals surface area contributed by atoms with Gasteiger partial charge in [0.2, 0.25) is 5.78 Å². The molecule has 4 bridgehead atoms. The molecule has 0 spiro atoms. The molecule has 0 fully saturated rings. The van der Waals surface area contributed by atoms with E-state index < -0.39 is 128 Å². The van der Waals surface area contributed by atoms with Gasteiger partial charge in [0.15, 0.2) is 17.1 Å². The number of Topliss-reactive ketones (excluding diaryl/α,β-unsaturated/α-hetero) is 2. The van der Waals surface area contributed by atoms with Gasteiger partial charge in [-0.1, -0.05) is 39.0 Å². The minimum absolute atomic E-state index is 0.00183. The number of fused-ring (bicyclic) bond motifs is 15. The Morgan fingerprint density at radius 1 is 0.821 bits per heavy atom. The summed E-state index contributed by atoms with van der Waals surface area (Å²) in [7, 11) is 2.14. The molecule has 308 valence electrons. The molecular formula is C40H53NO15. The summed E-state index contributed by atoms with van der Waals surface area (Å²) in [4.78, 5) is 67.8. The molecule has 16 nitrogen and oxygen atoms in total. The molecule has 56 heavy (non-hydrogen) atoms. The average Bonchev–Trinajstić information content (AvgIpc) is 3.14. The average molecular weight is 788 g/mol. The fourth-order valence-electron chi connectivity index (χ4n) is 7.18. The van der Waals surface area contributed by atoms with Crippen LogP contribution in [0.2, 0.25) is 0 Å². The summed E-state index contributed by atoms with van der Waals surface area (Å²) in [6.07, 6.45) is -1.78. The number of carbonyl (C=O) groups is 5. The molecule has 10 atom stereocenters. The summed E-state index contributed by atoms with van der Waals surface area (Å²) >= 11 is 0. The first-order valence-corrected chi connectivity index (χ1v) is 17.9. The van der Waals surface area contributed by atoms with Gasteiger partial charge in [0.25, 0.3) is 5.91 Å². The quantitative estimate of drug-likeness (QED) is 0.203. The van der Waals surface area contributed by atoms with Crippen LogP contribution in [0.5, 0.6) is 11.5 Å². The molecule has 3 aliphatic rings. The second kappa shape index (κ2) is 17.2. The first-order chi connectivity index (χ1) is 25.8. The van der Waals surface area contributed by atoms with Crippen molar-refractivity contribution >= 4 is 29.4 Å². The van der Waals surface area contributed by atoms with Crippen molar-refractivity contribution in [3.8, 4) is 11.5 Å². The van der Waals surface area contributed by atoms with Gasteiger partial charge in [0, 0.05) is 48.5 Å². The number of benzene rings is 1. The number of ether oxygens (including phenoxy) is 3. The van der Waals surface area contributed by atoms with Crippen LogP contribution in [0.1, 0.15) is 87.2 Å². The highest BCUT2D eigenvalue weighted by atomic mass is 16.6. The third-order valence-electron chi connectivity index (χ3n) is 10.8. The van der Waals surface area contributed by atoms with Gasteiger partial charge in [0.05, 0.1) is 42.7 Å². The number of methoxy groups -OCH3 is 2. The van der Waals surface area contributed by atoms with Gasteiger partial charge in [0.1, 0.15) is 28.7 Å². The molecule has 0 aromatic heterocycles. The van der Waals surface area contributed by atoms with Crippen molar-refractivity contribution < 1.29 is 73.9 Å². The summed E-state index contributed by atoms with van der Waals surface area (Å²) in [6, 6.07) is 0. The molecular weight excluding hydrogens is 734 g/mol. The van der Waals surface area contributed by atoms with Crippen LogP contribution in [0.3, 0.4) is 0 Å². The Hall–Kier alpha value is -4.71. The third kappa shape index (κ3) is 8.36. The number of hydrogen-bond donors (Lipinski definition) is 8. The molecule has 1 aromatic rings. The van der Waals surface area contributed by atoms with Gasteiger partial charge in [-0.15, -0.1) is 0 Å². The maximum atomic E-state index is 14.4. The maximum Gasteiger partial charge on any atom is 0.313 e. The largest absolute Gasteiger partial charge is 0.507 e. The van der Waals surface area contributed by atoms with Gasteiger partial charge in [-0.05, 0) is 46.3 Å². The predicted molar refractivity (Wildman–Crippen MR) is 199 cm³/mol. The van der Waals surface area contributed by atoms with Crippen LogP contribution in [-0.4, -0.2) is 109 Å². The first kappa shape index (κ1) is 45.7. The van der Waals surface area contributed by atoms with Crippen LogP contribution in [0.4, 0.5) is 0 Å². The number of aliphatic hydroxyl groups excluding tert-OH is 4. The molecule has 1 amide bonds. The lowest BCUT2D eigenvalue weighted by molar-refractivity contribution is -0.168. The van der Waals surface area contributed by atoms with Gasteiger partial charge in [-0.25, -0.2) is 0 Å². The van der Waals surface area contributed by atoms with E-state index in [1.54, 1.807) is 6.92 Å². The molecule has 0 saturated carbocycles. The van der Waals surface area contributed by atoms with E-state index >= 15 is 0 Å². The van der Waals surface area contributed by atoms with E-state index in [9.17, 15) is 59.7 Å². The molecule has 2 heterocycles. The second-order valence-electron chi connectivity index (χ2n) is 14.9. The summed E-state index contributed by atoms with van der Waals surface area (Å²) in [5.74, 6) is -12.3. The van der Waals surface area contributed by atoms with Crippen LogP contribution >= 0.6 is 0 Å². The molecule has 0 saturated heterocycles. The van der Waals surface area contributed by atoms with E-state index in [0.29, 0.717) is 0 Å². The van der Waals surface area contributed by atoms with E-state index in [0.717, 1.165) is 34.1 Å². The second-order valence-corrected chi connectivity index (χ2v) is 14.9. The summed E-state index contributed by atoms with van der Waals surface area (Å²) in [6.45, 7) is 11.4. The zero-order chi connectivity index (χ0) is 42.9. The fourth-order valence-corrected chi connectivity index (χ4v) is 7.18. The molecule has 4 rings (SSSR count). The summed E-state index contributed by atoms with van der Waals surface area (Å²) in [5.41, 5.74) is -7.49. The fraction of sp³-hybridized carbons (Fsp3) is 0.525. The van der Waals surface area contributed by atoms with E-state index in [4.69, 9.17) is 14.2 Å². The number of nitrogens with one attached hydrogen (secondary N) is 1. The van der Waals surface area contributed by atoms with Crippen molar-refractivity contribution in [2.45, 2.75) is 97.9 Å². The van der Waals surface area contributed by atoms with Gasteiger partial charge >= 0.3 is 11.9 Å².